The number of hydrogen-bond donors (Lipinski definition) is 1. The van der Waals surface area contributed by atoms with E-state index in [1.807, 2.05) is 0 Å². The van der Waals surface area contributed by atoms with E-state index in [0.717, 1.165) is 18.4 Å². The molecule has 2 unspecified atom stereocenters. The summed E-state index contributed by atoms with van der Waals surface area (Å²) >= 11 is 0. The lowest BCUT2D eigenvalue weighted by Gasteiger charge is -2.28. The summed E-state index contributed by atoms with van der Waals surface area (Å²) in [5, 5.41) is 15.5. The molecule has 0 bridgehead atoms. The molecule has 0 spiro atoms. The summed E-state index contributed by atoms with van der Waals surface area (Å²) in [6.45, 7) is 2.26. The average Bonchev–Trinajstić information content (AvgIpc) is 2.50. The van der Waals surface area contributed by atoms with Crippen LogP contribution in [0.25, 0.3) is 21.5 Å². The smallest absolute Gasteiger partial charge is 0.0799 e. The number of aliphatic hydroxyl groups is 1. The fraction of sp³-hybridized carbons (Fsp3) is 0.263. The highest BCUT2D eigenvalue weighted by molar-refractivity contribution is 6.08. The zero-order chi connectivity index (χ0) is 13.7. The Labute approximate surface area is 118 Å². The molecule has 1 aliphatic rings. The number of fused-ring (bicyclic) bond motifs is 5. The molecule has 0 fully saturated rings. The molecule has 20 heavy (non-hydrogen) atoms. The molecule has 1 nitrogen and oxygen atoms in total. The maximum Gasteiger partial charge on any atom is 0.0799 e. The van der Waals surface area contributed by atoms with E-state index in [4.69, 9.17) is 0 Å². The summed E-state index contributed by atoms with van der Waals surface area (Å²) in [6, 6.07) is 17.3. The molecule has 1 N–H and O–H groups in total. The average molecular weight is 262 g/mol. The van der Waals surface area contributed by atoms with Crippen molar-refractivity contribution in [3.63, 3.8) is 0 Å². The van der Waals surface area contributed by atoms with E-state index in [-0.39, 0.29) is 6.10 Å². The molecule has 1 heteroatoms. The molecule has 0 saturated heterocycles. The molecule has 0 aliphatic heterocycles. The van der Waals surface area contributed by atoms with Crippen molar-refractivity contribution < 1.29 is 5.11 Å². The second-order valence-electron chi connectivity index (χ2n) is 5.94. The van der Waals surface area contributed by atoms with Crippen molar-refractivity contribution in [2.45, 2.75) is 31.8 Å². The maximum atomic E-state index is 10.4. The summed E-state index contributed by atoms with van der Waals surface area (Å²) in [6.07, 6.45) is 1.64. The van der Waals surface area contributed by atoms with Gasteiger partial charge in [-0.2, -0.15) is 0 Å². The zero-order valence-corrected chi connectivity index (χ0v) is 11.6. The van der Waals surface area contributed by atoms with Gasteiger partial charge in [0.25, 0.3) is 0 Å². The van der Waals surface area contributed by atoms with Crippen LogP contribution >= 0.6 is 0 Å². The lowest BCUT2D eigenvalue weighted by Crippen LogP contribution is -2.12. The van der Waals surface area contributed by atoms with Crippen molar-refractivity contribution in [2.75, 3.05) is 0 Å². The molecular weight excluding hydrogens is 244 g/mol. The molecule has 2 atom stereocenters. The van der Waals surface area contributed by atoms with Crippen LogP contribution in [0.1, 0.15) is 42.9 Å². The van der Waals surface area contributed by atoms with Gasteiger partial charge in [-0.15, -0.1) is 0 Å². The van der Waals surface area contributed by atoms with Crippen LogP contribution in [-0.4, -0.2) is 5.11 Å². The third kappa shape index (κ3) is 1.60. The quantitative estimate of drug-likeness (QED) is 0.570. The van der Waals surface area contributed by atoms with Gasteiger partial charge in [0.15, 0.2) is 0 Å². The second kappa shape index (κ2) is 4.32. The van der Waals surface area contributed by atoms with E-state index in [9.17, 15) is 5.11 Å². The Bertz CT molecular complexity index is 803. The van der Waals surface area contributed by atoms with Gasteiger partial charge in [-0.3, -0.25) is 0 Å². The molecule has 0 amide bonds. The van der Waals surface area contributed by atoms with Crippen LogP contribution in [0.15, 0.2) is 48.5 Å². The van der Waals surface area contributed by atoms with Gasteiger partial charge in [0.2, 0.25) is 0 Å². The molecule has 0 heterocycles. The van der Waals surface area contributed by atoms with Crippen LogP contribution in [0.4, 0.5) is 0 Å². The lowest BCUT2D eigenvalue weighted by molar-refractivity contribution is 0.153. The van der Waals surface area contributed by atoms with Gasteiger partial charge in [0.05, 0.1) is 6.10 Å². The Balaban J connectivity index is 2.14. The first-order valence-corrected chi connectivity index (χ1v) is 7.38. The van der Waals surface area contributed by atoms with Crippen LogP contribution in [0.2, 0.25) is 0 Å². The molecule has 100 valence electrons. The molecule has 3 aromatic carbocycles. The first-order valence-electron chi connectivity index (χ1n) is 7.38. The van der Waals surface area contributed by atoms with Crippen LogP contribution < -0.4 is 0 Å². The molecule has 3 aromatic rings. The zero-order valence-electron chi connectivity index (χ0n) is 11.6. The molecule has 1 aliphatic carbocycles. The van der Waals surface area contributed by atoms with Gasteiger partial charge in [-0.05, 0) is 51.4 Å². The van der Waals surface area contributed by atoms with Gasteiger partial charge in [-0.25, -0.2) is 0 Å². The molecular formula is C19H18O. The molecule has 4 rings (SSSR count). The maximum absolute atomic E-state index is 10.4. The third-order valence-electron chi connectivity index (χ3n) is 4.74. The first kappa shape index (κ1) is 11.9. The van der Waals surface area contributed by atoms with Crippen molar-refractivity contribution in [3.8, 4) is 0 Å². The number of rotatable bonds is 0. The lowest BCUT2D eigenvalue weighted by atomic mass is 9.79. The van der Waals surface area contributed by atoms with Crippen LogP contribution in [0.3, 0.4) is 0 Å². The summed E-state index contributed by atoms with van der Waals surface area (Å²) in [7, 11) is 0. The number of hydrogen-bond acceptors (Lipinski definition) is 1. The first-order chi connectivity index (χ1) is 9.75. The molecule has 0 saturated carbocycles. The predicted octanol–water partition coefficient (Wildman–Crippen LogP) is 4.92. The Morgan fingerprint density at radius 1 is 0.850 bits per heavy atom. The second-order valence-corrected chi connectivity index (χ2v) is 5.94. The van der Waals surface area contributed by atoms with E-state index in [1.165, 1.54) is 27.1 Å². The minimum absolute atomic E-state index is 0.314. The van der Waals surface area contributed by atoms with Gasteiger partial charge in [0, 0.05) is 0 Å². The highest BCUT2D eigenvalue weighted by atomic mass is 16.3. The Morgan fingerprint density at radius 3 is 2.55 bits per heavy atom. The number of aliphatic hydroxyl groups excluding tert-OH is 1. The van der Waals surface area contributed by atoms with Gasteiger partial charge >= 0.3 is 0 Å². The predicted molar refractivity (Wildman–Crippen MR) is 84.1 cm³/mol. The van der Waals surface area contributed by atoms with Crippen molar-refractivity contribution in [3.05, 3.63) is 59.7 Å². The monoisotopic (exact) mass is 262 g/mol. The Kier molecular flexibility index (Phi) is 2.58. The third-order valence-corrected chi connectivity index (χ3v) is 4.74. The van der Waals surface area contributed by atoms with Crippen LogP contribution in [-0.2, 0) is 0 Å². The van der Waals surface area contributed by atoms with Crippen LogP contribution in [0.5, 0.6) is 0 Å². The standard InChI is InChI=1S/C19H18O/c1-12-6-11-18(20)19-14(12)9-10-16-15-5-3-2-4-13(15)7-8-17(16)19/h2-5,7-10,12,18,20H,6,11H2,1H3. The van der Waals surface area contributed by atoms with Gasteiger partial charge in [0.1, 0.15) is 0 Å². The van der Waals surface area contributed by atoms with Crippen molar-refractivity contribution >= 4 is 21.5 Å². The normalized spacial score (nSPS) is 22.1. The fourth-order valence-corrected chi connectivity index (χ4v) is 3.64. The van der Waals surface area contributed by atoms with E-state index >= 15 is 0 Å². The largest absolute Gasteiger partial charge is 0.388 e. The fourth-order valence-electron chi connectivity index (χ4n) is 3.64. The summed E-state index contributed by atoms with van der Waals surface area (Å²) in [4.78, 5) is 0. The topological polar surface area (TPSA) is 20.2 Å². The Hall–Kier alpha value is -1.86. The minimum Gasteiger partial charge on any atom is -0.388 e. The Morgan fingerprint density at radius 2 is 1.65 bits per heavy atom. The minimum atomic E-state index is -0.314. The van der Waals surface area contributed by atoms with Crippen molar-refractivity contribution in [1.29, 1.82) is 0 Å². The summed E-state index contributed by atoms with van der Waals surface area (Å²) in [5.74, 6) is 0.546. The van der Waals surface area contributed by atoms with Crippen molar-refractivity contribution in [2.24, 2.45) is 0 Å². The summed E-state index contributed by atoms with van der Waals surface area (Å²) < 4.78 is 0. The van der Waals surface area contributed by atoms with E-state index in [0.29, 0.717) is 5.92 Å². The summed E-state index contributed by atoms with van der Waals surface area (Å²) in [5.41, 5.74) is 2.48. The van der Waals surface area contributed by atoms with Crippen LogP contribution in [0, 0.1) is 0 Å². The highest BCUT2D eigenvalue weighted by Gasteiger charge is 2.25. The molecule has 0 radical (unpaired) electrons. The number of benzene rings is 3. The van der Waals surface area contributed by atoms with E-state index in [1.54, 1.807) is 0 Å². The van der Waals surface area contributed by atoms with Gasteiger partial charge < -0.3 is 5.11 Å². The SMILES string of the molecule is CC1CCC(O)c2c1ccc1c2ccc2ccccc21. The van der Waals surface area contributed by atoms with Crippen molar-refractivity contribution in [1.82, 2.24) is 0 Å². The van der Waals surface area contributed by atoms with E-state index in [2.05, 4.69) is 55.5 Å². The molecule has 0 aromatic heterocycles. The highest BCUT2D eigenvalue weighted by Crippen LogP contribution is 2.42. The van der Waals surface area contributed by atoms with E-state index < -0.39 is 0 Å². The van der Waals surface area contributed by atoms with Gasteiger partial charge in [-0.1, -0.05) is 55.5 Å².